The summed E-state index contributed by atoms with van der Waals surface area (Å²) in [5.74, 6) is 0. The van der Waals surface area contributed by atoms with E-state index in [9.17, 15) is 0 Å². The van der Waals surface area contributed by atoms with Crippen molar-refractivity contribution in [1.29, 1.82) is 0 Å². The number of alkyl halides is 8. The van der Waals surface area contributed by atoms with Crippen LogP contribution < -0.4 is 0 Å². The molecule has 13 heteroatoms. The van der Waals surface area contributed by atoms with Crippen molar-refractivity contribution < 1.29 is 21.7 Å². The molecule has 0 aliphatic carbocycles. The molecule has 0 saturated heterocycles. The summed E-state index contributed by atoms with van der Waals surface area (Å²) in [4.78, 5) is -3.89. The standard InChI is InChI=1S/4CH2Cl2N.Ti/c4*2-1(3)4;/h4*1,4H;/q4*-1;+4. The fourth-order valence-corrected chi connectivity index (χ4v) is 0. The SMILES string of the molecule is [NH-]C(Cl)Cl.[NH-]C(Cl)Cl.[NH-]C(Cl)Cl.[NH-]C(Cl)Cl.[Ti+4]. The van der Waals surface area contributed by atoms with Gasteiger partial charge < -0.3 is 22.9 Å². The summed E-state index contributed by atoms with van der Waals surface area (Å²) in [6, 6.07) is 0. The minimum absolute atomic E-state index is 0. The van der Waals surface area contributed by atoms with Gasteiger partial charge in [0.1, 0.15) is 0 Å². The minimum atomic E-state index is -0.972. The summed E-state index contributed by atoms with van der Waals surface area (Å²) >= 11 is 37.7. The van der Waals surface area contributed by atoms with E-state index in [1.54, 1.807) is 0 Å². The predicted octanol–water partition coefficient (Wildman–Crippen LogP) is 7.20. The van der Waals surface area contributed by atoms with Crippen LogP contribution >= 0.6 is 92.8 Å². The Balaban J connectivity index is -0.0000000369. The van der Waals surface area contributed by atoms with E-state index in [1.807, 2.05) is 0 Å². The van der Waals surface area contributed by atoms with E-state index in [1.165, 1.54) is 0 Å². The van der Waals surface area contributed by atoms with E-state index < -0.39 is 19.8 Å². The molecule has 0 aliphatic heterocycles. The number of hydrogen-bond acceptors (Lipinski definition) is 0. The predicted molar refractivity (Wildman–Crippen MR) is 79.3 cm³/mol. The Hall–Kier alpha value is 2.87. The molecule has 0 heterocycles. The Morgan fingerprint density at radius 3 is 0.412 bits per heavy atom. The van der Waals surface area contributed by atoms with Gasteiger partial charge in [0.2, 0.25) is 0 Å². The Morgan fingerprint density at radius 2 is 0.412 bits per heavy atom. The molecule has 0 radical (unpaired) electrons. The van der Waals surface area contributed by atoms with Crippen LogP contribution in [0.1, 0.15) is 0 Å². The summed E-state index contributed by atoms with van der Waals surface area (Å²) in [5.41, 5.74) is 24.5. The van der Waals surface area contributed by atoms with E-state index in [0.29, 0.717) is 0 Å². The van der Waals surface area contributed by atoms with Crippen molar-refractivity contribution in [3.8, 4) is 0 Å². The molecular weight excluding hydrogens is 436 g/mol. The van der Waals surface area contributed by atoms with Crippen LogP contribution in [0.4, 0.5) is 0 Å². The normalized spacial score (nSPS) is 8.47. The van der Waals surface area contributed by atoms with E-state index >= 15 is 0 Å². The maximum absolute atomic E-state index is 6.11. The second-order valence-corrected chi connectivity index (χ2v) is 5.59. The maximum Gasteiger partial charge on any atom is 4.00 e. The first kappa shape index (κ1) is 32.0. The number of halogens is 8. The molecule has 0 aromatic heterocycles. The van der Waals surface area contributed by atoms with Gasteiger partial charge in [-0.25, -0.2) is 0 Å². The van der Waals surface area contributed by atoms with Gasteiger partial charge in [0.05, 0.1) is 0 Å². The van der Waals surface area contributed by atoms with Crippen molar-refractivity contribution in [1.82, 2.24) is 0 Å². The Kier molecular flexibility index (Phi) is 51.3. The van der Waals surface area contributed by atoms with Gasteiger partial charge in [-0.1, -0.05) is 0 Å². The van der Waals surface area contributed by atoms with Crippen molar-refractivity contribution >= 4 is 92.8 Å². The smallest absolute Gasteiger partial charge is 0.648 e. The molecule has 0 saturated carbocycles. The van der Waals surface area contributed by atoms with Crippen LogP contribution in [0.25, 0.3) is 22.9 Å². The molecule has 0 unspecified atom stereocenters. The molecule has 0 amide bonds. The van der Waals surface area contributed by atoms with Gasteiger partial charge in [-0.05, 0) is 0 Å². The summed E-state index contributed by atoms with van der Waals surface area (Å²) < 4.78 is 0. The van der Waals surface area contributed by atoms with Gasteiger partial charge in [-0.15, -0.1) is 92.8 Å². The summed E-state index contributed by atoms with van der Waals surface area (Å²) in [6.07, 6.45) is 0. The van der Waals surface area contributed by atoms with E-state index in [-0.39, 0.29) is 21.7 Å². The second-order valence-electron chi connectivity index (χ2n) is 1.20. The fraction of sp³-hybridized carbons (Fsp3) is 1.00. The Bertz CT molecular complexity index is 72.5. The van der Waals surface area contributed by atoms with E-state index in [4.69, 9.17) is 116 Å². The molecular formula is C4H8Cl8N4Ti. The molecule has 4 N–H and O–H groups in total. The van der Waals surface area contributed by atoms with Crippen LogP contribution in [-0.2, 0) is 21.7 Å². The van der Waals surface area contributed by atoms with Crippen LogP contribution in [0.5, 0.6) is 0 Å². The van der Waals surface area contributed by atoms with Crippen molar-refractivity contribution in [3.63, 3.8) is 0 Å². The number of rotatable bonds is 0. The van der Waals surface area contributed by atoms with Crippen molar-refractivity contribution in [2.24, 2.45) is 0 Å². The van der Waals surface area contributed by atoms with Crippen LogP contribution in [0.2, 0.25) is 0 Å². The molecule has 4 nitrogen and oxygen atoms in total. The summed E-state index contributed by atoms with van der Waals surface area (Å²) in [6.45, 7) is 0. The van der Waals surface area contributed by atoms with Crippen molar-refractivity contribution in [3.05, 3.63) is 22.9 Å². The van der Waals surface area contributed by atoms with Gasteiger partial charge in [-0.3, -0.25) is 0 Å². The summed E-state index contributed by atoms with van der Waals surface area (Å²) in [5, 5.41) is 0. The largest absolute Gasteiger partial charge is 4.00 e. The number of hydrogen-bond donors (Lipinski definition) is 0. The monoisotopic (exact) mass is 440 g/mol. The molecule has 17 heavy (non-hydrogen) atoms. The van der Waals surface area contributed by atoms with Crippen molar-refractivity contribution in [2.45, 2.75) is 19.8 Å². The topological polar surface area (TPSA) is 95.2 Å². The average Bonchev–Trinajstić information content (AvgIpc) is 1.76. The van der Waals surface area contributed by atoms with Gasteiger partial charge >= 0.3 is 21.7 Å². The van der Waals surface area contributed by atoms with Gasteiger partial charge in [0.25, 0.3) is 0 Å². The zero-order valence-electron chi connectivity index (χ0n) is 7.83. The van der Waals surface area contributed by atoms with Gasteiger partial charge in [0, 0.05) is 19.8 Å². The fourth-order valence-electron chi connectivity index (χ4n) is 0. The van der Waals surface area contributed by atoms with Crippen LogP contribution in [-0.4, -0.2) is 19.8 Å². The van der Waals surface area contributed by atoms with Crippen LogP contribution in [0.15, 0.2) is 0 Å². The molecule has 0 bridgehead atoms. The molecule has 0 fully saturated rings. The molecule has 0 spiro atoms. The van der Waals surface area contributed by atoms with Crippen molar-refractivity contribution in [2.75, 3.05) is 0 Å². The zero-order chi connectivity index (χ0) is 14.3. The molecule has 104 valence electrons. The third kappa shape index (κ3) is 651. The van der Waals surface area contributed by atoms with Gasteiger partial charge in [-0.2, -0.15) is 0 Å². The van der Waals surface area contributed by atoms with E-state index in [0.717, 1.165) is 0 Å². The Morgan fingerprint density at radius 1 is 0.412 bits per heavy atom. The first-order chi connectivity index (χ1) is 6.93. The second kappa shape index (κ2) is 27.3. The molecule has 0 aliphatic rings. The molecule has 0 aromatic carbocycles. The van der Waals surface area contributed by atoms with E-state index in [2.05, 4.69) is 0 Å². The minimum Gasteiger partial charge on any atom is -0.648 e. The quantitative estimate of drug-likeness (QED) is 0.215. The maximum atomic E-state index is 6.11. The molecule has 0 aromatic rings. The summed E-state index contributed by atoms with van der Waals surface area (Å²) in [7, 11) is 0. The van der Waals surface area contributed by atoms with Crippen LogP contribution in [0.3, 0.4) is 0 Å². The third-order valence-corrected chi connectivity index (χ3v) is 0. The third-order valence-electron chi connectivity index (χ3n) is 0. The molecule has 0 rings (SSSR count). The average molecular weight is 444 g/mol. The molecule has 0 atom stereocenters. The van der Waals surface area contributed by atoms with Crippen LogP contribution in [0, 0.1) is 0 Å². The first-order valence-electron chi connectivity index (χ1n) is 2.90. The number of nitrogens with one attached hydrogen (secondary N) is 4. The zero-order valence-corrected chi connectivity index (χ0v) is 15.4. The van der Waals surface area contributed by atoms with Gasteiger partial charge in [0.15, 0.2) is 0 Å². The Labute approximate surface area is 156 Å². The first-order valence-corrected chi connectivity index (χ1v) is 6.39.